The molecule has 66 valence electrons. The Hall–Kier alpha value is -0.120. The second-order valence-corrected chi connectivity index (χ2v) is 3.12. The van der Waals surface area contributed by atoms with Crippen molar-refractivity contribution < 1.29 is 4.84 Å². The van der Waals surface area contributed by atoms with Crippen LogP contribution in [0, 0.1) is 5.92 Å². The van der Waals surface area contributed by atoms with E-state index in [2.05, 4.69) is 12.2 Å². The van der Waals surface area contributed by atoms with E-state index >= 15 is 0 Å². The van der Waals surface area contributed by atoms with Gasteiger partial charge < -0.3 is 10.2 Å². The Labute approximate surface area is 68.7 Å². The number of hydrogen-bond acceptors (Lipinski definition) is 3. The molecule has 0 aromatic rings. The van der Waals surface area contributed by atoms with Gasteiger partial charge in [0.25, 0.3) is 0 Å². The molecule has 2 unspecified atom stereocenters. The molecule has 11 heavy (non-hydrogen) atoms. The average Bonchev–Trinajstić information content (AvgIpc) is 2.50. The second-order valence-electron chi connectivity index (χ2n) is 3.12. The molecule has 1 aliphatic rings. The highest BCUT2D eigenvalue weighted by Gasteiger charge is 2.28. The third kappa shape index (κ3) is 1.92. The lowest BCUT2D eigenvalue weighted by molar-refractivity contribution is -0.145. The SMILES string of the molecule is CCC1CNCC1N(C)OC. The van der Waals surface area contributed by atoms with Crippen molar-refractivity contribution in [2.75, 3.05) is 27.2 Å². The van der Waals surface area contributed by atoms with Gasteiger partial charge in [0, 0.05) is 13.6 Å². The van der Waals surface area contributed by atoms with E-state index in [9.17, 15) is 0 Å². The van der Waals surface area contributed by atoms with E-state index in [-0.39, 0.29) is 0 Å². The predicted molar refractivity (Wildman–Crippen MR) is 45.2 cm³/mol. The van der Waals surface area contributed by atoms with Gasteiger partial charge >= 0.3 is 0 Å². The van der Waals surface area contributed by atoms with Crippen LogP contribution in [0.5, 0.6) is 0 Å². The zero-order valence-electron chi connectivity index (χ0n) is 7.63. The van der Waals surface area contributed by atoms with E-state index in [1.807, 2.05) is 12.1 Å². The largest absolute Gasteiger partial charge is 0.315 e. The maximum absolute atomic E-state index is 5.16. The van der Waals surface area contributed by atoms with Crippen molar-refractivity contribution in [3.05, 3.63) is 0 Å². The van der Waals surface area contributed by atoms with Crippen LogP contribution in [0.3, 0.4) is 0 Å². The van der Waals surface area contributed by atoms with E-state index in [0.717, 1.165) is 19.0 Å². The summed E-state index contributed by atoms with van der Waals surface area (Å²) in [6.07, 6.45) is 1.23. The fourth-order valence-electron chi connectivity index (χ4n) is 1.70. The van der Waals surface area contributed by atoms with Crippen molar-refractivity contribution in [1.29, 1.82) is 0 Å². The first kappa shape index (κ1) is 8.97. The summed E-state index contributed by atoms with van der Waals surface area (Å²) in [6, 6.07) is 0.560. The number of hydrogen-bond donors (Lipinski definition) is 1. The van der Waals surface area contributed by atoms with Crippen molar-refractivity contribution in [1.82, 2.24) is 10.4 Å². The zero-order chi connectivity index (χ0) is 8.27. The van der Waals surface area contributed by atoms with Crippen LogP contribution in [0.4, 0.5) is 0 Å². The Bertz CT molecular complexity index is 119. The topological polar surface area (TPSA) is 24.5 Å². The minimum Gasteiger partial charge on any atom is -0.315 e. The molecule has 3 nitrogen and oxygen atoms in total. The van der Waals surface area contributed by atoms with E-state index in [1.165, 1.54) is 6.42 Å². The van der Waals surface area contributed by atoms with Crippen LogP contribution < -0.4 is 5.32 Å². The quantitative estimate of drug-likeness (QED) is 0.605. The fraction of sp³-hybridized carbons (Fsp3) is 1.00. The molecular weight excluding hydrogens is 140 g/mol. The van der Waals surface area contributed by atoms with Crippen LogP contribution in [0.15, 0.2) is 0 Å². The molecule has 0 aromatic heterocycles. The van der Waals surface area contributed by atoms with Gasteiger partial charge in [0.2, 0.25) is 0 Å². The molecule has 1 fully saturated rings. The summed E-state index contributed by atoms with van der Waals surface area (Å²) in [5.41, 5.74) is 0. The maximum atomic E-state index is 5.16. The van der Waals surface area contributed by atoms with Crippen LogP contribution in [-0.2, 0) is 4.84 Å². The van der Waals surface area contributed by atoms with Crippen LogP contribution in [-0.4, -0.2) is 38.4 Å². The highest BCUT2D eigenvalue weighted by molar-refractivity contribution is 4.84. The third-order valence-corrected chi connectivity index (χ3v) is 2.58. The molecule has 0 aliphatic carbocycles. The summed E-state index contributed by atoms with van der Waals surface area (Å²) >= 11 is 0. The Kier molecular flexibility index (Phi) is 3.30. The molecule has 0 amide bonds. The molecule has 1 rings (SSSR count). The second kappa shape index (κ2) is 4.04. The molecule has 0 aromatic carbocycles. The molecule has 1 saturated heterocycles. The first-order valence-corrected chi connectivity index (χ1v) is 4.27. The molecule has 0 bridgehead atoms. The normalized spacial score (nSPS) is 31.6. The van der Waals surface area contributed by atoms with Crippen molar-refractivity contribution in [3.63, 3.8) is 0 Å². The number of rotatable bonds is 3. The summed E-state index contributed by atoms with van der Waals surface area (Å²) in [5.74, 6) is 0.750. The molecule has 1 aliphatic heterocycles. The van der Waals surface area contributed by atoms with Crippen molar-refractivity contribution >= 4 is 0 Å². The summed E-state index contributed by atoms with van der Waals surface area (Å²) in [4.78, 5) is 5.16. The highest BCUT2D eigenvalue weighted by atomic mass is 16.7. The lowest BCUT2D eigenvalue weighted by Gasteiger charge is -2.25. The van der Waals surface area contributed by atoms with Crippen LogP contribution >= 0.6 is 0 Å². The van der Waals surface area contributed by atoms with Gasteiger partial charge in [-0.15, -0.1) is 0 Å². The number of hydroxylamine groups is 2. The van der Waals surface area contributed by atoms with Gasteiger partial charge in [-0.2, -0.15) is 5.06 Å². The fourth-order valence-corrected chi connectivity index (χ4v) is 1.70. The molecular formula is C8H18N2O. The van der Waals surface area contributed by atoms with Gasteiger partial charge in [-0.1, -0.05) is 13.3 Å². The van der Waals surface area contributed by atoms with Crippen LogP contribution in [0.1, 0.15) is 13.3 Å². The summed E-state index contributed by atoms with van der Waals surface area (Å²) in [5, 5.41) is 5.32. The molecule has 0 radical (unpaired) electrons. The first-order chi connectivity index (χ1) is 5.29. The predicted octanol–water partition coefficient (Wildman–Crippen LogP) is 0.478. The van der Waals surface area contributed by atoms with Gasteiger partial charge in [-0.05, 0) is 12.5 Å². The van der Waals surface area contributed by atoms with Crippen LogP contribution in [0.25, 0.3) is 0 Å². The van der Waals surface area contributed by atoms with E-state index in [0.29, 0.717) is 6.04 Å². The summed E-state index contributed by atoms with van der Waals surface area (Å²) in [7, 11) is 3.73. The molecule has 3 heteroatoms. The smallest absolute Gasteiger partial charge is 0.0575 e. The molecule has 1 heterocycles. The zero-order valence-corrected chi connectivity index (χ0v) is 7.63. The monoisotopic (exact) mass is 158 g/mol. The van der Waals surface area contributed by atoms with Gasteiger partial charge in [0.1, 0.15) is 0 Å². The van der Waals surface area contributed by atoms with Crippen LogP contribution in [0.2, 0.25) is 0 Å². The summed E-state index contributed by atoms with van der Waals surface area (Å²) < 4.78 is 0. The lowest BCUT2D eigenvalue weighted by atomic mass is 10.0. The Morgan fingerprint density at radius 2 is 2.27 bits per heavy atom. The van der Waals surface area contributed by atoms with Crippen molar-refractivity contribution in [2.24, 2.45) is 5.92 Å². The molecule has 0 spiro atoms. The van der Waals surface area contributed by atoms with Gasteiger partial charge in [-0.3, -0.25) is 0 Å². The minimum atomic E-state index is 0.560. The standard InChI is InChI=1S/C8H18N2O/c1-4-7-5-9-6-8(7)10(2)11-3/h7-9H,4-6H2,1-3H3. The molecule has 0 saturated carbocycles. The Morgan fingerprint density at radius 3 is 2.82 bits per heavy atom. The number of nitrogens with zero attached hydrogens (tertiary/aromatic N) is 1. The molecule has 1 N–H and O–H groups in total. The minimum absolute atomic E-state index is 0.560. The first-order valence-electron chi connectivity index (χ1n) is 4.27. The third-order valence-electron chi connectivity index (χ3n) is 2.58. The highest BCUT2D eigenvalue weighted by Crippen LogP contribution is 2.17. The van der Waals surface area contributed by atoms with Gasteiger partial charge in [0.05, 0.1) is 13.2 Å². The van der Waals surface area contributed by atoms with Crippen molar-refractivity contribution in [2.45, 2.75) is 19.4 Å². The average molecular weight is 158 g/mol. The number of nitrogens with one attached hydrogen (secondary N) is 1. The van der Waals surface area contributed by atoms with Crippen molar-refractivity contribution in [3.8, 4) is 0 Å². The van der Waals surface area contributed by atoms with E-state index in [1.54, 1.807) is 7.11 Å². The number of likely N-dealkylation sites (N-methyl/N-ethyl adjacent to an activating group) is 1. The van der Waals surface area contributed by atoms with E-state index < -0.39 is 0 Å². The van der Waals surface area contributed by atoms with Gasteiger partial charge in [0.15, 0.2) is 0 Å². The summed E-state index contributed by atoms with van der Waals surface area (Å²) in [6.45, 7) is 4.42. The maximum Gasteiger partial charge on any atom is 0.0575 e. The Balaban J connectivity index is 2.42. The Morgan fingerprint density at radius 1 is 1.55 bits per heavy atom. The molecule has 2 atom stereocenters. The van der Waals surface area contributed by atoms with E-state index in [4.69, 9.17) is 4.84 Å². The van der Waals surface area contributed by atoms with Gasteiger partial charge in [-0.25, -0.2) is 0 Å². The lowest BCUT2D eigenvalue weighted by Crippen LogP contribution is -2.36.